The van der Waals surface area contributed by atoms with E-state index in [4.69, 9.17) is 29.2 Å². The largest absolute Gasteiger partial charge is 2.00 e. The minimum atomic E-state index is 0. The molecule has 0 amide bonds. The molecule has 0 N–H and O–H groups in total. The van der Waals surface area contributed by atoms with Gasteiger partial charge in [0, 0.05) is 123 Å². The van der Waals surface area contributed by atoms with Crippen LogP contribution in [0.3, 0.4) is 0 Å². The average Bonchev–Trinajstić information content (AvgIpc) is 1.62. The van der Waals surface area contributed by atoms with Gasteiger partial charge in [-0.15, -0.1) is 109 Å². The molecule has 726 valence electrons. The van der Waals surface area contributed by atoms with E-state index >= 15 is 0 Å². The van der Waals surface area contributed by atoms with Crippen LogP contribution in [-0.2, 0) is 63.2 Å². The van der Waals surface area contributed by atoms with Crippen LogP contribution >= 0.6 is 0 Å². The van der Waals surface area contributed by atoms with Crippen molar-refractivity contribution in [3.05, 3.63) is 470 Å². The maximum absolute atomic E-state index is 6.18. The van der Waals surface area contributed by atoms with Gasteiger partial charge in [0.25, 0.3) is 0 Å². The predicted molar refractivity (Wildman–Crippen MR) is 587 cm³/mol. The third-order valence-electron chi connectivity index (χ3n) is 26.6. The molecule has 0 atom stereocenters. The summed E-state index contributed by atoms with van der Waals surface area (Å²) in [5, 5.41) is 9.64. The van der Waals surface area contributed by atoms with Gasteiger partial charge in [0.1, 0.15) is 0 Å². The average molecular weight is 2450 g/mol. The molecular formula is C129H102N12O3Pt3. The van der Waals surface area contributed by atoms with Gasteiger partial charge in [-0.25, -0.2) is 15.0 Å². The molecule has 0 spiro atoms. The maximum atomic E-state index is 6.18. The van der Waals surface area contributed by atoms with Gasteiger partial charge in [-0.2, -0.15) is 18.2 Å². The van der Waals surface area contributed by atoms with Gasteiger partial charge in [-0.1, -0.05) is 281 Å². The summed E-state index contributed by atoms with van der Waals surface area (Å²) in [7, 11) is 0. The zero-order valence-corrected chi connectivity index (χ0v) is 89.7. The van der Waals surface area contributed by atoms with Gasteiger partial charge in [0.2, 0.25) is 17.6 Å². The van der Waals surface area contributed by atoms with Crippen molar-refractivity contribution in [2.24, 2.45) is 0 Å². The Hall–Kier alpha value is -15.8. The summed E-state index contributed by atoms with van der Waals surface area (Å²) in [5.74, 6) is 4.74. The van der Waals surface area contributed by atoms with Crippen LogP contribution in [0.5, 0.6) is 34.9 Å². The first-order valence-corrected chi connectivity index (χ1v) is 49.0. The standard InChI is InChI=1S/C45H38N4O.C44H36N4O.C40H28N4O.3Pt/c1-29(2)36-18-12-19-37(30(3)4)44(36)42-28-47-45-40-27-34(21-22-38(40)39-17-9-10-20-41(39)49(42)45)48(32-13-7-6-8-14-32)33-15-11-16-35(26-33)50-43-25-31(5)23-24-46-43;1-29(2)35-19-13-20-36(30(3)4)43(35)41-28-46-44-39-27-33(23-24-37(39)38-18-8-9-21-40(38)48(41)44)47(31-14-6-5-7-15-31)32-16-12-17-34(26-32)49-42-22-10-11-25-45-42;1-27-12-10-13-28(2)39(27)37-26-42-40-35-25-31(21-22-33(35)34-18-6-7-19-36(34)44(37)40)43(29-14-4-3-5-15-29)30-16-11-17-32(24-30)45-38-20-8-9-23-41-38;;;/h6-25,28-30H,1-5H3;5-25,28-30H,1-4H3;3-23,26H,1-2H3;;;/q3*-2;3*+2. The predicted octanol–water partition coefficient (Wildman–Crippen LogP) is 34.1. The molecule has 9 heterocycles. The summed E-state index contributed by atoms with van der Waals surface area (Å²) in [6.45, 7) is 24.5. The molecule has 147 heavy (non-hydrogen) atoms. The van der Waals surface area contributed by atoms with Gasteiger partial charge in [-0.05, 0) is 189 Å². The number of fused-ring (bicyclic) bond motifs is 18. The van der Waals surface area contributed by atoms with Crippen molar-refractivity contribution in [1.29, 1.82) is 0 Å². The van der Waals surface area contributed by atoms with Crippen LogP contribution in [0.1, 0.15) is 118 Å². The van der Waals surface area contributed by atoms with Crippen LogP contribution < -0.4 is 28.9 Å². The van der Waals surface area contributed by atoms with E-state index in [2.05, 4.69) is 361 Å². The van der Waals surface area contributed by atoms with Crippen molar-refractivity contribution in [3.63, 3.8) is 0 Å². The molecular weight excluding hydrogens is 2350 g/mol. The minimum Gasteiger partial charge on any atom is -0.466 e. The maximum Gasteiger partial charge on any atom is 2.00 e. The molecule has 9 aromatic heterocycles. The monoisotopic (exact) mass is 2450 g/mol. The number of para-hydroxylation sites is 6. The summed E-state index contributed by atoms with van der Waals surface area (Å²) in [4.78, 5) is 34.9. The Morgan fingerprint density at radius 1 is 0.245 bits per heavy atom. The van der Waals surface area contributed by atoms with E-state index < -0.39 is 0 Å². The molecule has 0 bridgehead atoms. The molecule has 0 unspecified atom stereocenters. The molecule has 15 aromatic carbocycles. The number of pyridine rings is 6. The van der Waals surface area contributed by atoms with Crippen LogP contribution in [0.4, 0.5) is 51.2 Å². The second-order valence-electron chi connectivity index (χ2n) is 37.4. The molecule has 0 saturated heterocycles. The quantitative estimate of drug-likeness (QED) is 0.0473. The summed E-state index contributed by atoms with van der Waals surface area (Å²) >= 11 is 0. The number of hydrogen-bond donors (Lipinski definition) is 0. The minimum absolute atomic E-state index is 0. The zero-order chi connectivity index (χ0) is 98.2. The molecule has 0 aliphatic carbocycles. The number of aryl methyl sites for hydroxylation is 3. The fourth-order valence-corrected chi connectivity index (χ4v) is 20.0. The number of nitrogens with zero attached hydrogens (tertiary/aromatic N) is 12. The van der Waals surface area contributed by atoms with Gasteiger partial charge < -0.3 is 42.1 Å². The Bertz CT molecular complexity index is 8840. The van der Waals surface area contributed by atoms with Crippen LogP contribution in [0.15, 0.2) is 395 Å². The first kappa shape index (κ1) is 100.0. The van der Waals surface area contributed by atoms with E-state index in [-0.39, 0.29) is 63.2 Å². The van der Waals surface area contributed by atoms with Gasteiger partial charge in [0.15, 0.2) is 0 Å². The SMILES string of the molecule is CC(C)c1cccc(C(C)C)c1-c1cnc2c3[c-]c(N(c4[c-]c(Oc5ccccn5)ccc4)c4ccccc4)ccc3c3ccccc3n12.Cc1cccc(C)c1-c1cnc2c3[c-]c(N(c4[c-]c(Oc5ccccn5)ccc4)c4ccccc4)ccc3c3ccccc3n12.Cc1ccnc(Oc2[c-]c(N(c3[c-]c4c(cc3)c3ccccc3n3c(-c5c(C(C)C)cccc5C(C)C)cnc43)c3ccccc3)ccc2)c1.[Pt+2].[Pt+2].[Pt+2]. The molecule has 0 radical (unpaired) electrons. The second kappa shape index (κ2) is 43.7. The number of hydrogen-bond acceptors (Lipinski definition) is 12. The molecule has 0 aliphatic heterocycles. The van der Waals surface area contributed by atoms with Crippen molar-refractivity contribution in [2.75, 3.05) is 14.7 Å². The molecule has 0 saturated carbocycles. The number of aromatic nitrogens is 9. The Balaban J connectivity index is 0.000000138. The van der Waals surface area contributed by atoms with Gasteiger partial charge in [0.05, 0.1) is 34.0 Å². The molecule has 0 fully saturated rings. The smallest absolute Gasteiger partial charge is 0.466 e. The Labute approximate surface area is 899 Å². The van der Waals surface area contributed by atoms with E-state index in [0.717, 1.165) is 156 Å². The Morgan fingerprint density at radius 2 is 0.537 bits per heavy atom. The third kappa shape index (κ3) is 19.8. The zero-order valence-electron chi connectivity index (χ0n) is 82.9. The normalized spacial score (nSPS) is 11.3. The first-order valence-electron chi connectivity index (χ1n) is 49.0. The van der Waals surface area contributed by atoms with Crippen LogP contribution in [-0.4, -0.2) is 43.1 Å². The van der Waals surface area contributed by atoms with Crippen LogP contribution in [0, 0.1) is 57.2 Å². The molecule has 0 aliphatic rings. The van der Waals surface area contributed by atoms with Gasteiger partial charge in [-0.3, -0.25) is 15.0 Å². The molecule has 15 nitrogen and oxygen atoms in total. The Morgan fingerprint density at radius 3 is 0.864 bits per heavy atom. The molecule has 24 rings (SSSR count). The van der Waals surface area contributed by atoms with Crippen molar-refractivity contribution in [2.45, 2.75) is 99.8 Å². The molecule has 18 heteroatoms. The fourth-order valence-electron chi connectivity index (χ4n) is 20.0. The Kier molecular flexibility index (Phi) is 29.7. The second-order valence-corrected chi connectivity index (χ2v) is 37.4. The summed E-state index contributed by atoms with van der Waals surface area (Å²) in [5.41, 5.74) is 29.9. The van der Waals surface area contributed by atoms with E-state index in [9.17, 15) is 0 Å². The number of imidazole rings is 3. The number of rotatable bonds is 22. The fraction of sp³-hybridized carbons (Fsp3) is 0.116. The topological polar surface area (TPSA) is 128 Å². The number of ether oxygens (including phenoxy) is 3. The molecule has 24 aromatic rings. The summed E-state index contributed by atoms with van der Waals surface area (Å²) < 4.78 is 25.3. The summed E-state index contributed by atoms with van der Waals surface area (Å²) in [6.07, 6.45) is 11.3. The third-order valence-corrected chi connectivity index (χ3v) is 26.6. The van der Waals surface area contributed by atoms with Crippen LogP contribution in [0.25, 0.3) is 116 Å². The van der Waals surface area contributed by atoms with Crippen molar-refractivity contribution < 1.29 is 77.4 Å². The van der Waals surface area contributed by atoms with Crippen LogP contribution in [0.2, 0.25) is 0 Å². The van der Waals surface area contributed by atoms with Crippen molar-refractivity contribution >= 4 is 133 Å². The van der Waals surface area contributed by atoms with E-state index in [1.54, 1.807) is 18.6 Å². The van der Waals surface area contributed by atoms with Crippen molar-refractivity contribution in [3.8, 4) is 68.7 Å². The first-order chi connectivity index (χ1) is 70.5. The number of benzene rings is 15. The number of anilines is 9. The van der Waals surface area contributed by atoms with E-state index in [1.807, 2.05) is 171 Å². The summed E-state index contributed by atoms with van der Waals surface area (Å²) in [6, 6.07) is 144. The van der Waals surface area contributed by atoms with Crippen molar-refractivity contribution in [1.82, 2.24) is 43.1 Å². The van der Waals surface area contributed by atoms with Gasteiger partial charge >= 0.3 is 63.2 Å². The van der Waals surface area contributed by atoms with E-state index in [1.165, 1.54) is 50.1 Å². The van der Waals surface area contributed by atoms with E-state index in [0.29, 0.717) is 58.6 Å².